The molecule has 20 heavy (non-hydrogen) atoms. The molecule has 1 aromatic heterocycles. The van der Waals surface area contributed by atoms with Crippen LogP contribution in [0, 0.1) is 11.8 Å². The molecule has 106 valence electrons. The molecule has 3 heteroatoms. The summed E-state index contributed by atoms with van der Waals surface area (Å²) in [4.78, 5) is 4.59. The second-order valence-electron chi connectivity index (χ2n) is 6.81. The molecule has 2 aromatic rings. The summed E-state index contributed by atoms with van der Waals surface area (Å²) in [7, 11) is 0. The Labute approximate surface area is 119 Å². The lowest BCUT2D eigenvalue weighted by molar-refractivity contribution is 0.440. The summed E-state index contributed by atoms with van der Waals surface area (Å²) in [5.74, 6) is 3.03. The van der Waals surface area contributed by atoms with Crippen LogP contribution in [-0.4, -0.2) is 11.0 Å². The van der Waals surface area contributed by atoms with Gasteiger partial charge in [0, 0.05) is 17.6 Å². The van der Waals surface area contributed by atoms with Crippen molar-refractivity contribution in [1.29, 1.82) is 0 Å². The van der Waals surface area contributed by atoms with Crippen molar-refractivity contribution < 1.29 is 4.42 Å². The van der Waals surface area contributed by atoms with E-state index in [1.165, 1.54) is 31.4 Å². The van der Waals surface area contributed by atoms with Gasteiger partial charge < -0.3 is 9.73 Å². The van der Waals surface area contributed by atoms with Gasteiger partial charge in [-0.1, -0.05) is 20.3 Å². The van der Waals surface area contributed by atoms with E-state index in [1.807, 2.05) is 6.07 Å². The summed E-state index contributed by atoms with van der Waals surface area (Å²) < 4.78 is 5.76. The zero-order chi connectivity index (χ0) is 13.7. The third-order valence-electron chi connectivity index (χ3n) is 4.99. The summed E-state index contributed by atoms with van der Waals surface area (Å²) >= 11 is 0. The molecule has 0 radical (unpaired) electrons. The topological polar surface area (TPSA) is 38.1 Å². The van der Waals surface area contributed by atoms with Crippen molar-refractivity contribution in [2.24, 2.45) is 11.8 Å². The van der Waals surface area contributed by atoms with Gasteiger partial charge in [0.15, 0.2) is 11.5 Å². The van der Waals surface area contributed by atoms with Crippen molar-refractivity contribution in [2.45, 2.75) is 51.5 Å². The lowest BCUT2D eigenvalue weighted by atomic mass is 9.95. The first-order chi connectivity index (χ1) is 9.69. The van der Waals surface area contributed by atoms with Crippen LogP contribution in [0.15, 0.2) is 22.6 Å². The molecule has 0 saturated heterocycles. The van der Waals surface area contributed by atoms with Crippen molar-refractivity contribution in [3.05, 3.63) is 24.1 Å². The van der Waals surface area contributed by atoms with Crippen LogP contribution in [0.5, 0.6) is 0 Å². The quantitative estimate of drug-likeness (QED) is 0.889. The Balaban J connectivity index is 1.57. The van der Waals surface area contributed by atoms with E-state index in [2.05, 4.69) is 36.3 Å². The lowest BCUT2D eigenvalue weighted by Gasteiger charge is -2.23. The number of fused-ring (bicyclic) bond motifs is 3. The SMILES string of the molecule is CC(C)c1nc2cc(NC3CC4CCC3C4)ccc2o1. The molecule has 2 aliphatic carbocycles. The minimum Gasteiger partial charge on any atom is -0.440 e. The predicted molar refractivity (Wildman–Crippen MR) is 81.0 cm³/mol. The van der Waals surface area contributed by atoms with E-state index in [0.29, 0.717) is 12.0 Å². The molecule has 3 atom stereocenters. The number of nitrogens with zero attached hydrogens (tertiary/aromatic N) is 1. The molecular formula is C17H22N2O. The van der Waals surface area contributed by atoms with Crippen molar-refractivity contribution in [2.75, 3.05) is 5.32 Å². The largest absolute Gasteiger partial charge is 0.440 e. The summed E-state index contributed by atoms with van der Waals surface area (Å²) in [6.45, 7) is 4.22. The number of hydrogen-bond acceptors (Lipinski definition) is 3. The highest BCUT2D eigenvalue weighted by Crippen LogP contribution is 2.45. The smallest absolute Gasteiger partial charge is 0.198 e. The fraction of sp³-hybridized carbons (Fsp3) is 0.588. The van der Waals surface area contributed by atoms with Gasteiger partial charge in [0.1, 0.15) is 5.52 Å². The van der Waals surface area contributed by atoms with Crippen LogP contribution in [0.25, 0.3) is 11.1 Å². The highest BCUT2D eigenvalue weighted by Gasteiger charge is 2.39. The van der Waals surface area contributed by atoms with Gasteiger partial charge in [-0.3, -0.25) is 0 Å². The van der Waals surface area contributed by atoms with Crippen molar-refractivity contribution >= 4 is 16.8 Å². The maximum Gasteiger partial charge on any atom is 0.198 e. The minimum atomic E-state index is 0.337. The highest BCUT2D eigenvalue weighted by molar-refractivity contribution is 5.77. The summed E-state index contributed by atoms with van der Waals surface area (Å²) in [5, 5.41) is 3.72. The molecule has 2 aliphatic rings. The Kier molecular flexibility index (Phi) is 2.76. The maximum atomic E-state index is 5.76. The molecule has 3 unspecified atom stereocenters. The number of benzene rings is 1. The number of rotatable bonds is 3. The molecule has 4 rings (SSSR count). The van der Waals surface area contributed by atoms with E-state index in [9.17, 15) is 0 Å². The number of oxazole rings is 1. The normalized spacial score (nSPS) is 28.6. The molecule has 2 fully saturated rings. The first-order valence-electron chi connectivity index (χ1n) is 7.86. The van der Waals surface area contributed by atoms with E-state index in [4.69, 9.17) is 4.42 Å². The minimum absolute atomic E-state index is 0.337. The van der Waals surface area contributed by atoms with Crippen LogP contribution in [0.2, 0.25) is 0 Å². The standard InChI is InChI=1S/C17H22N2O/c1-10(2)17-19-15-9-13(5-6-16(15)20-17)18-14-8-11-3-4-12(14)7-11/h5-6,9-12,14,18H,3-4,7-8H2,1-2H3. The van der Waals surface area contributed by atoms with Crippen molar-refractivity contribution in [3.63, 3.8) is 0 Å². The maximum absolute atomic E-state index is 5.76. The average molecular weight is 270 g/mol. The van der Waals surface area contributed by atoms with Gasteiger partial charge in [-0.05, 0) is 49.3 Å². The lowest BCUT2D eigenvalue weighted by Crippen LogP contribution is -2.25. The first kappa shape index (κ1) is 12.2. The van der Waals surface area contributed by atoms with Crippen LogP contribution in [-0.2, 0) is 0 Å². The number of nitrogens with one attached hydrogen (secondary N) is 1. The molecule has 0 amide bonds. The van der Waals surface area contributed by atoms with E-state index in [-0.39, 0.29) is 0 Å². The number of aromatic nitrogens is 1. The molecule has 0 aliphatic heterocycles. The zero-order valence-corrected chi connectivity index (χ0v) is 12.2. The Morgan fingerprint density at radius 2 is 2.15 bits per heavy atom. The van der Waals surface area contributed by atoms with Gasteiger partial charge >= 0.3 is 0 Å². The molecule has 3 nitrogen and oxygen atoms in total. The third-order valence-corrected chi connectivity index (χ3v) is 4.99. The zero-order valence-electron chi connectivity index (χ0n) is 12.2. The van der Waals surface area contributed by atoms with Crippen molar-refractivity contribution in [3.8, 4) is 0 Å². The van der Waals surface area contributed by atoms with E-state index >= 15 is 0 Å². The number of anilines is 1. The van der Waals surface area contributed by atoms with Gasteiger partial charge in [0.2, 0.25) is 0 Å². The molecule has 1 N–H and O–H groups in total. The van der Waals surface area contributed by atoms with Crippen LogP contribution in [0.4, 0.5) is 5.69 Å². The summed E-state index contributed by atoms with van der Waals surface area (Å²) in [5.41, 5.74) is 3.06. The second-order valence-corrected chi connectivity index (χ2v) is 6.81. The highest BCUT2D eigenvalue weighted by atomic mass is 16.3. The van der Waals surface area contributed by atoms with Gasteiger partial charge in [-0.15, -0.1) is 0 Å². The van der Waals surface area contributed by atoms with Gasteiger partial charge in [-0.25, -0.2) is 4.98 Å². The predicted octanol–water partition coefficient (Wildman–Crippen LogP) is 4.55. The first-order valence-corrected chi connectivity index (χ1v) is 7.86. The molecule has 2 bridgehead atoms. The Morgan fingerprint density at radius 1 is 1.25 bits per heavy atom. The van der Waals surface area contributed by atoms with E-state index < -0.39 is 0 Å². The van der Waals surface area contributed by atoms with E-state index in [0.717, 1.165) is 28.8 Å². The summed E-state index contributed by atoms with van der Waals surface area (Å²) in [6.07, 6.45) is 5.63. The second kappa shape index (κ2) is 4.51. The van der Waals surface area contributed by atoms with E-state index in [1.54, 1.807) is 0 Å². The Morgan fingerprint density at radius 3 is 2.85 bits per heavy atom. The summed E-state index contributed by atoms with van der Waals surface area (Å²) in [6, 6.07) is 6.98. The molecular weight excluding hydrogens is 248 g/mol. The van der Waals surface area contributed by atoms with Crippen LogP contribution >= 0.6 is 0 Å². The fourth-order valence-electron chi connectivity index (χ4n) is 3.92. The third kappa shape index (κ3) is 2.00. The molecule has 2 saturated carbocycles. The fourth-order valence-corrected chi connectivity index (χ4v) is 3.92. The van der Waals surface area contributed by atoms with Crippen LogP contribution in [0.3, 0.4) is 0 Å². The van der Waals surface area contributed by atoms with Gasteiger partial charge in [-0.2, -0.15) is 0 Å². The molecule has 0 spiro atoms. The Hall–Kier alpha value is -1.51. The van der Waals surface area contributed by atoms with Crippen LogP contribution in [0.1, 0.15) is 51.3 Å². The van der Waals surface area contributed by atoms with Crippen molar-refractivity contribution in [1.82, 2.24) is 4.98 Å². The van der Waals surface area contributed by atoms with Crippen LogP contribution < -0.4 is 5.32 Å². The monoisotopic (exact) mass is 270 g/mol. The van der Waals surface area contributed by atoms with Gasteiger partial charge in [0.05, 0.1) is 0 Å². The molecule has 1 aromatic carbocycles. The van der Waals surface area contributed by atoms with Gasteiger partial charge in [0.25, 0.3) is 0 Å². The number of hydrogen-bond donors (Lipinski definition) is 1. The molecule has 1 heterocycles. The average Bonchev–Trinajstić information content (AvgIpc) is 3.11. The Bertz CT molecular complexity index is 631.